The van der Waals surface area contributed by atoms with Crippen LogP contribution in [0.3, 0.4) is 0 Å². The number of aromatic nitrogens is 1. The van der Waals surface area contributed by atoms with Gasteiger partial charge in [0.05, 0.1) is 19.3 Å². The maximum absolute atomic E-state index is 9.85. The second-order valence-corrected chi connectivity index (χ2v) is 3.73. The van der Waals surface area contributed by atoms with Crippen LogP contribution in [0.4, 0.5) is 0 Å². The third-order valence-corrected chi connectivity index (χ3v) is 2.80. The molecule has 0 radical (unpaired) electrons. The van der Waals surface area contributed by atoms with Crippen molar-refractivity contribution >= 4 is 0 Å². The fraction of sp³-hybridized carbons (Fsp3) is 0.600. The van der Waals surface area contributed by atoms with E-state index < -0.39 is 18.3 Å². The minimum atomic E-state index is -1.05. The zero-order valence-corrected chi connectivity index (χ0v) is 8.23. The highest BCUT2D eigenvalue weighted by molar-refractivity contribution is 4.98. The molecule has 0 amide bonds. The topological polar surface area (TPSA) is 74.9 Å². The predicted molar refractivity (Wildman–Crippen MR) is 52.3 cm³/mol. The summed E-state index contributed by atoms with van der Waals surface area (Å²) >= 11 is 0. The van der Waals surface area contributed by atoms with Crippen molar-refractivity contribution < 1.29 is 20.1 Å². The first kappa shape index (κ1) is 10.6. The summed E-state index contributed by atoms with van der Waals surface area (Å²) in [7, 11) is 0. The van der Waals surface area contributed by atoms with E-state index >= 15 is 0 Å². The van der Waals surface area contributed by atoms with Gasteiger partial charge in [-0.1, -0.05) is 0 Å². The van der Waals surface area contributed by atoms with Gasteiger partial charge in [0.1, 0.15) is 18.3 Å². The smallest absolute Gasteiger partial charge is 0.110 e. The van der Waals surface area contributed by atoms with Gasteiger partial charge in [0.25, 0.3) is 0 Å². The second-order valence-electron chi connectivity index (χ2n) is 3.73. The summed E-state index contributed by atoms with van der Waals surface area (Å²) < 4.78 is 7.06. The summed E-state index contributed by atoms with van der Waals surface area (Å²) in [4.78, 5) is 0. The van der Waals surface area contributed by atoms with Crippen LogP contribution in [0, 0.1) is 0 Å². The molecule has 0 spiro atoms. The van der Waals surface area contributed by atoms with Crippen LogP contribution in [0.15, 0.2) is 24.5 Å². The molecule has 0 aromatic carbocycles. The Morgan fingerprint density at radius 1 is 1.20 bits per heavy atom. The third-order valence-electron chi connectivity index (χ3n) is 2.80. The lowest BCUT2D eigenvalue weighted by Crippen LogP contribution is -2.51. The average Bonchev–Trinajstić information content (AvgIpc) is 2.75. The van der Waals surface area contributed by atoms with Crippen LogP contribution in [0.1, 0.15) is 6.04 Å². The van der Waals surface area contributed by atoms with E-state index in [9.17, 15) is 10.2 Å². The summed E-state index contributed by atoms with van der Waals surface area (Å²) in [6.07, 6.45) is 0.971. The molecule has 2 rings (SSSR count). The fourth-order valence-electron chi connectivity index (χ4n) is 1.86. The fourth-order valence-corrected chi connectivity index (χ4v) is 1.86. The molecule has 5 heteroatoms. The molecule has 4 unspecified atom stereocenters. The Balaban J connectivity index is 2.11. The molecule has 1 fully saturated rings. The highest BCUT2D eigenvalue weighted by atomic mass is 16.5. The quantitative estimate of drug-likeness (QED) is 0.597. The monoisotopic (exact) mass is 213 g/mol. The van der Waals surface area contributed by atoms with Gasteiger partial charge >= 0.3 is 0 Å². The molecule has 1 aliphatic heterocycles. The van der Waals surface area contributed by atoms with Gasteiger partial charge in [0.15, 0.2) is 0 Å². The van der Waals surface area contributed by atoms with Crippen molar-refractivity contribution in [3.05, 3.63) is 24.5 Å². The van der Waals surface area contributed by atoms with Crippen molar-refractivity contribution in [1.29, 1.82) is 0 Å². The number of ether oxygens (including phenoxy) is 1. The van der Waals surface area contributed by atoms with Crippen molar-refractivity contribution in [3.63, 3.8) is 0 Å². The van der Waals surface area contributed by atoms with Gasteiger partial charge < -0.3 is 24.6 Å². The molecule has 1 aromatic heterocycles. The molecule has 1 aromatic rings. The number of nitrogens with zero attached hydrogens (tertiary/aromatic N) is 1. The summed E-state index contributed by atoms with van der Waals surface area (Å²) in [5.74, 6) is 0. The molecule has 15 heavy (non-hydrogen) atoms. The van der Waals surface area contributed by atoms with Crippen molar-refractivity contribution in [3.8, 4) is 0 Å². The Hall–Kier alpha value is -0.880. The van der Waals surface area contributed by atoms with E-state index in [1.807, 2.05) is 24.5 Å². The molecule has 2 heterocycles. The van der Waals surface area contributed by atoms with Crippen LogP contribution in [0.2, 0.25) is 0 Å². The molecule has 84 valence electrons. The number of rotatable bonds is 2. The first-order chi connectivity index (χ1) is 7.24. The van der Waals surface area contributed by atoms with Crippen LogP contribution in [-0.2, 0) is 4.74 Å². The molecule has 1 saturated heterocycles. The Bertz CT molecular complexity index is 300. The largest absolute Gasteiger partial charge is 0.394 e. The molecule has 4 atom stereocenters. The second kappa shape index (κ2) is 4.32. The van der Waals surface area contributed by atoms with Crippen molar-refractivity contribution in [2.45, 2.75) is 24.4 Å². The lowest BCUT2D eigenvalue weighted by Gasteiger charge is -2.37. The molecule has 1 aliphatic rings. The zero-order valence-electron chi connectivity index (χ0n) is 8.23. The Morgan fingerprint density at radius 2 is 1.87 bits per heavy atom. The molecule has 0 aliphatic carbocycles. The lowest BCUT2D eigenvalue weighted by molar-refractivity contribution is -0.169. The van der Waals surface area contributed by atoms with E-state index in [-0.39, 0.29) is 19.3 Å². The maximum atomic E-state index is 9.85. The van der Waals surface area contributed by atoms with Gasteiger partial charge in [-0.15, -0.1) is 0 Å². The van der Waals surface area contributed by atoms with Gasteiger partial charge in [0, 0.05) is 12.4 Å². The first-order valence-electron chi connectivity index (χ1n) is 4.95. The normalized spacial score (nSPS) is 36.7. The van der Waals surface area contributed by atoms with E-state index in [2.05, 4.69) is 0 Å². The summed E-state index contributed by atoms with van der Waals surface area (Å²) in [5.41, 5.74) is 0. The molecule has 0 bridgehead atoms. The van der Waals surface area contributed by atoms with Gasteiger partial charge in [-0.2, -0.15) is 0 Å². The minimum absolute atomic E-state index is 0.281. The van der Waals surface area contributed by atoms with Crippen molar-refractivity contribution in [1.82, 2.24) is 4.57 Å². The van der Waals surface area contributed by atoms with Crippen LogP contribution in [0.5, 0.6) is 0 Å². The Morgan fingerprint density at radius 3 is 2.47 bits per heavy atom. The van der Waals surface area contributed by atoms with Gasteiger partial charge in [0.2, 0.25) is 0 Å². The molecule has 5 nitrogen and oxygen atoms in total. The SMILES string of the molecule is OCC1OCC(n2cccc2)C(O)C1O. The zero-order chi connectivity index (χ0) is 10.8. The van der Waals surface area contributed by atoms with Crippen LogP contribution >= 0.6 is 0 Å². The van der Waals surface area contributed by atoms with Crippen molar-refractivity contribution in [2.75, 3.05) is 13.2 Å². The van der Waals surface area contributed by atoms with E-state index in [0.717, 1.165) is 0 Å². The standard InChI is InChI=1S/C10H15NO4/c12-5-8-10(14)9(13)7(6-15-8)11-3-1-2-4-11/h1-4,7-10,12-14H,5-6H2. The van der Waals surface area contributed by atoms with E-state index in [0.29, 0.717) is 0 Å². The van der Waals surface area contributed by atoms with Crippen LogP contribution < -0.4 is 0 Å². The number of aliphatic hydroxyl groups is 3. The highest BCUT2D eigenvalue weighted by Crippen LogP contribution is 2.24. The Labute approximate surface area is 87.5 Å². The first-order valence-corrected chi connectivity index (χ1v) is 4.95. The van der Waals surface area contributed by atoms with Crippen molar-refractivity contribution in [2.24, 2.45) is 0 Å². The average molecular weight is 213 g/mol. The molecule has 3 N–H and O–H groups in total. The van der Waals surface area contributed by atoms with E-state index in [1.165, 1.54) is 0 Å². The summed E-state index contributed by atoms with van der Waals surface area (Å²) in [6, 6.07) is 3.40. The number of hydrogen-bond donors (Lipinski definition) is 3. The maximum Gasteiger partial charge on any atom is 0.110 e. The molecular formula is C10H15NO4. The van der Waals surface area contributed by atoms with Gasteiger partial charge in [-0.05, 0) is 12.1 Å². The van der Waals surface area contributed by atoms with Crippen LogP contribution in [0.25, 0.3) is 0 Å². The summed E-state index contributed by atoms with van der Waals surface area (Å²) in [5, 5.41) is 28.4. The van der Waals surface area contributed by atoms with Gasteiger partial charge in [-0.25, -0.2) is 0 Å². The minimum Gasteiger partial charge on any atom is -0.394 e. The molecule has 0 saturated carbocycles. The third kappa shape index (κ3) is 1.91. The Kier molecular flexibility index (Phi) is 3.06. The highest BCUT2D eigenvalue weighted by Gasteiger charge is 2.38. The number of aliphatic hydroxyl groups excluding tert-OH is 3. The molecular weight excluding hydrogens is 198 g/mol. The van der Waals surface area contributed by atoms with E-state index in [1.54, 1.807) is 4.57 Å². The predicted octanol–water partition coefficient (Wildman–Crippen LogP) is -0.858. The van der Waals surface area contributed by atoms with Crippen LogP contribution in [-0.4, -0.2) is 51.4 Å². The lowest BCUT2D eigenvalue weighted by atomic mass is 9.98. The summed E-state index contributed by atoms with van der Waals surface area (Å²) in [6.45, 7) is 0.00869. The number of hydrogen-bond acceptors (Lipinski definition) is 4. The van der Waals surface area contributed by atoms with E-state index in [4.69, 9.17) is 9.84 Å². The van der Waals surface area contributed by atoms with Gasteiger partial charge in [-0.3, -0.25) is 0 Å².